The first kappa shape index (κ1) is 18.4. The van der Waals surface area contributed by atoms with Gasteiger partial charge in [-0.3, -0.25) is 4.79 Å². The molecular formula is C20H22Br2O. The van der Waals surface area contributed by atoms with Crippen molar-refractivity contribution in [2.24, 2.45) is 11.3 Å². The van der Waals surface area contributed by atoms with E-state index in [-0.39, 0.29) is 11.3 Å². The van der Waals surface area contributed by atoms with Gasteiger partial charge in [-0.05, 0) is 48.2 Å². The van der Waals surface area contributed by atoms with Crippen LogP contribution in [0.5, 0.6) is 0 Å². The number of ketones is 1. The van der Waals surface area contributed by atoms with Crippen molar-refractivity contribution in [1.29, 1.82) is 0 Å². The van der Waals surface area contributed by atoms with E-state index in [1.807, 2.05) is 45.0 Å². The van der Waals surface area contributed by atoms with Crippen molar-refractivity contribution in [1.82, 2.24) is 0 Å². The Morgan fingerprint density at radius 3 is 1.48 bits per heavy atom. The maximum absolute atomic E-state index is 12.9. The SMILES string of the molecule is CC(C)(C)C(=O)C(Cc1ccc(Br)cc1)Cc1ccc(Br)cc1. The molecule has 0 heterocycles. The Morgan fingerprint density at radius 1 is 0.826 bits per heavy atom. The molecule has 0 N–H and O–H groups in total. The maximum Gasteiger partial charge on any atom is 0.141 e. The van der Waals surface area contributed by atoms with Gasteiger partial charge in [0.2, 0.25) is 0 Å². The van der Waals surface area contributed by atoms with Crippen molar-refractivity contribution in [2.75, 3.05) is 0 Å². The molecule has 0 amide bonds. The molecule has 2 aromatic rings. The molecule has 0 aromatic heterocycles. The van der Waals surface area contributed by atoms with Gasteiger partial charge in [0, 0.05) is 20.3 Å². The highest BCUT2D eigenvalue weighted by Crippen LogP contribution is 2.26. The van der Waals surface area contributed by atoms with Crippen molar-refractivity contribution < 1.29 is 4.79 Å². The molecule has 2 aromatic carbocycles. The van der Waals surface area contributed by atoms with Crippen LogP contribution in [0, 0.1) is 11.3 Å². The third-order valence-electron chi connectivity index (χ3n) is 3.90. The van der Waals surface area contributed by atoms with Crippen LogP contribution in [0.2, 0.25) is 0 Å². The molecule has 0 bridgehead atoms. The van der Waals surface area contributed by atoms with Crippen LogP contribution in [0.4, 0.5) is 0 Å². The Hall–Kier alpha value is -0.930. The zero-order valence-electron chi connectivity index (χ0n) is 13.8. The first-order valence-electron chi connectivity index (χ1n) is 7.79. The highest BCUT2D eigenvalue weighted by Gasteiger charge is 2.29. The summed E-state index contributed by atoms with van der Waals surface area (Å²) in [5.41, 5.74) is 2.08. The van der Waals surface area contributed by atoms with Crippen LogP contribution in [0.1, 0.15) is 31.9 Å². The fourth-order valence-corrected chi connectivity index (χ4v) is 3.21. The Labute approximate surface area is 155 Å². The topological polar surface area (TPSA) is 17.1 Å². The molecular weight excluding hydrogens is 416 g/mol. The minimum Gasteiger partial charge on any atom is -0.299 e. The van der Waals surface area contributed by atoms with Crippen LogP contribution in [-0.4, -0.2) is 5.78 Å². The number of rotatable bonds is 5. The Balaban J connectivity index is 2.22. The summed E-state index contributed by atoms with van der Waals surface area (Å²) in [5.74, 6) is 0.320. The third-order valence-corrected chi connectivity index (χ3v) is 4.96. The van der Waals surface area contributed by atoms with E-state index >= 15 is 0 Å². The maximum atomic E-state index is 12.9. The molecule has 3 heteroatoms. The smallest absolute Gasteiger partial charge is 0.141 e. The van der Waals surface area contributed by atoms with Gasteiger partial charge in [0.15, 0.2) is 0 Å². The number of carbonyl (C=O) groups is 1. The predicted octanol–water partition coefficient (Wildman–Crippen LogP) is 6.23. The lowest BCUT2D eigenvalue weighted by atomic mass is 9.78. The number of carbonyl (C=O) groups excluding carboxylic acids is 1. The molecule has 0 unspecified atom stereocenters. The average molecular weight is 438 g/mol. The molecule has 0 spiro atoms. The first-order chi connectivity index (χ1) is 10.8. The van der Waals surface area contributed by atoms with E-state index in [9.17, 15) is 4.79 Å². The zero-order chi connectivity index (χ0) is 17.0. The van der Waals surface area contributed by atoms with Crippen LogP contribution in [0.25, 0.3) is 0 Å². The second-order valence-corrected chi connectivity index (χ2v) is 8.80. The van der Waals surface area contributed by atoms with Gasteiger partial charge in [0.05, 0.1) is 0 Å². The van der Waals surface area contributed by atoms with Crippen LogP contribution >= 0.6 is 31.9 Å². The van der Waals surface area contributed by atoms with Crippen LogP contribution in [-0.2, 0) is 17.6 Å². The van der Waals surface area contributed by atoms with Gasteiger partial charge < -0.3 is 0 Å². The van der Waals surface area contributed by atoms with E-state index in [4.69, 9.17) is 0 Å². The van der Waals surface area contributed by atoms with Gasteiger partial charge in [-0.15, -0.1) is 0 Å². The molecule has 0 radical (unpaired) electrons. The van der Waals surface area contributed by atoms with E-state index in [1.54, 1.807) is 0 Å². The molecule has 0 aliphatic heterocycles. The molecule has 0 atom stereocenters. The van der Waals surface area contributed by atoms with Crippen LogP contribution in [0.3, 0.4) is 0 Å². The van der Waals surface area contributed by atoms with Gasteiger partial charge in [0.1, 0.15) is 5.78 Å². The molecule has 0 fully saturated rings. The summed E-state index contributed by atoms with van der Waals surface area (Å²) >= 11 is 6.92. The largest absolute Gasteiger partial charge is 0.299 e. The molecule has 0 aliphatic rings. The highest BCUT2D eigenvalue weighted by atomic mass is 79.9. The number of hydrogen-bond acceptors (Lipinski definition) is 1. The fourth-order valence-electron chi connectivity index (χ4n) is 2.68. The molecule has 0 saturated heterocycles. The fraction of sp³-hybridized carbons (Fsp3) is 0.350. The van der Waals surface area contributed by atoms with Crippen molar-refractivity contribution in [3.63, 3.8) is 0 Å². The summed E-state index contributed by atoms with van der Waals surface area (Å²) in [5, 5.41) is 0. The van der Waals surface area contributed by atoms with Crippen molar-refractivity contribution in [3.8, 4) is 0 Å². The van der Waals surface area contributed by atoms with Crippen LogP contribution < -0.4 is 0 Å². The molecule has 122 valence electrons. The summed E-state index contributed by atoms with van der Waals surface area (Å²) < 4.78 is 2.13. The molecule has 0 aliphatic carbocycles. The van der Waals surface area contributed by atoms with Crippen molar-refractivity contribution in [2.45, 2.75) is 33.6 Å². The number of halogens is 2. The second kappa shape index (κ2) is 7.76. The second-order valence-electron chi connectivity index (χ2n) is 6.97. The van der Waals surface area contributed by atoms with E-state index in [1.165, 1.54) is 11.1 Å². The number of Topliss-reactive ketones (excluding diaryl/α,β-unsaturated/α-hetero) is 1. The zero-order valence-corrected chi connectivity index (χ0v) is 16.9. The average Bonchev–Trinajstić information content (AvgIpc) is 2.49. The predicted molar refractivity (Wildman–Crippen MR) is 104 cm³/mol. The van der Waals surface area contributed by atoms with E-state index < -0.39 is 0 Å². The molecule has 23 heavy (non-hydrogen) atoms. The molecule has 2 rings (SSSR count). The Kier molecular flexibility index (Phi) is 6.21. The minimum absolute atomic E-state index is 0.00245. The van der Waals surface area contributed by atoms with Gasteiger partial charge in [-0.25, -0.2) is 0 Å². The minimum atomic E-state index is -0.324. The van der Waals surface area contributed by atoms with E-state index in [0.29, 0.717) is 5.78 Å². The summed E-state index contributed by atoms with van der Waals surface area (Å²) in [7, 11) is 0. The van der Waals surface area contributed by atoms with Gasteiger partial charge in [0.25, 0.3) is 0 Å². The van der Waals surface area contributed by atoms with Gasteiger partial charge >= 0.3 is 0 Å². The summed E-state index contributed by atoms with van der Waals surface area (Å²) in [6.45, 7) is 6.02. The molecule has 1 nitrogen and oxygen atoms in total. The van der Waals surface area contributed by atoms with E-state index in [0.717, 1.165) is 21.8 Å². The lowest BCUT2D eigenvalue weighted by Gasteiger charge is -2.25. The standard InChI is InChI=1S/C20H22Br2O/c1-20(2,3)19(23)16(12-14-4-8-17(21)9-5-14)13-15-6-10-18(22)11-7-15/h4-11,16H,12-13H2,1-3H3. The van der Waals surface area contributed by atoms with Crippen molar-refractivity contribution >= 4 is 37.6 Å². The summed E-state index contributed by atoms with van der Waals surface area (Å²) in [4.78, 5) is 12.9. The normalized spacial score (nSPS) is 11.7. The quantitative estimate of drug-likeness (QED) is 0.541. The van der Waals surface area contributed by atoms with Gasteiger partial charge in [-0.1, -0.05) is 76.9 Å². The highest BCUT2D eigenvalue weighted by molar-refractivity contribution is 9.10. The monoisotopic (exact) mass is 436 g/mol. The lowest BCUT2D eigenvalue weighted by Crippen LogP contribution is -2.31. The third kappa shape index (κ3) is 5.58. The molecule has 0 saturated carbocycles. The summed E-state index contributed by atoms with van der Waals surface area (Å²) in [6, 6.07) is 16.5. The van der Waals surface area contributed by atoms with E-state index in [2.05, 4.69) is 56.1 Å². The Bertz CT molecular complexity index is 604. The lowest BCUT2D eigenvalue weighted by molar-refractivity contribution is -0.130. The van der Waals surface area contributed by atoms with Crippen LogP contribution in [0.15, 0.2) is 57.5 Å². The Morgan fingerprint density at radius 2 is 1.17 bits per heavy atom. The number of benzene rings is 2. The van der Waals surface area contributed by atoms with Crippen molar-refractivity contribution in [3.05, 3.63) is 68.6 Å². The first-order valence-corrected chi connectivity index (χ1v) is 9.37. The van der Waals surface area contributed by atoms with Gasteiger partial charge in [-0.2, -0.15) is 0 Å². The summed E-state index contributed by atoms with van der Waals surface area (Å²) in [6.07, 6.45) is 1.55. The number of hydrogen-bond donors (Lipinski definition) is 0.